The van der Waals surface area contributed by atoms with E-state index in [4.69, 9.17) is 5.73 Å². The van der Waals surface area contributed by atoms with Gasteiger partial charge in [-0.1, -0.05) is 79.6 Å². The van der Waals surface area contributed by atoms with Gasteiger partial charge in [-0.25, -0.2) is 0 Å². The Morgan fingerprint density at radius 1 is 0.960 bits per heavy atom. The first-order valence-corrected chi connectivity index (χ1v) is 9.04. The average molecular weight is 337 g/mol. The molecule has 2 nitrogen and oxygen atoms in total. The standard InChI is InChI=1S/C22H27N.CH5N/c1-3-4-10-18(2)15-16-19-11-8-9-14-21(19)17-22(23)20-12-6-5-7-13-20;1-2/h5-9,11-15,17H,3-4,10,16,23H2,1-2H3;2H2,1H3/b18-15-,22-17-;. The highest BCUT2D eigenvalue weighted by Crippen LogP contribution is 2.18. The minimum Gasteiger partial charge on any atom is -0.398 e. The summed E-state index contributed by atoms with van der Waals surface area (Å²) in [5.74, 6) is 0. The van der Waals surface area contributed by atoms with Gasteiger partial charge in [0.2, 0.25) is 0 Å². The van der Waals surface area contributed by atoms with Gasteiger partial charge < -0.3 is 11.5 Å². The van der Waals surface area contributed by atoms with Crippen LogP contribution in [0.15, 0.2) is 66.2 Å². The van der Waals surface area contributed by atoms with Crippen molar-refractivity contribution in [2.45, 2.75) is 39.5 Å². The largest absolute Gasteiger partial charge is 0.398 e. The number of benzene rings is 2. The van der Waals surface area contributed by atoms with Crippen molar-refractivity contribution in [3.8, 4) is 0 Å². The monoisotopic (exact) mass is 336 g/mol. The van der Waals surface area contributed by atoms with E-state index in [2.05, 4.69) is 56.0 Å². The molecule has 0 bridgehead atoms. The fraction of sp³-hybridized carbons (Fsp3) is 0.304. The molecule has 0 atom stereocenters. The number of rotatable bonds is 7. The van der Waals surface area contributed by atoms with E-state index in [-0.39, 0.29) is 0 Å². The predicted octanol–water partition coefficient (Wildman–Crippen LogP) is 5.40. The molecule has 0 unspecified atom stereocenters. The maximum atomic E-state index is 6.26. The van der Waals surface area contributed by atoms with Crippen molar-refractivity contribution in [2.24, 2.45) is 11.5 Å². The van der Waals surface area contributed by atoms with Crippen LogP contribution < -0.4 is 11.5 Å². The SMILES string of the molecule is CCCC/C(C)=C\Cc1ccccc1/C=C(\N)c1ccccc1.CN. The van der Waals surface area contributed by atoms with E-state index in [0.717, 1.165) is 17.7 Å². The van der Waals surface area contributed by atoms with E-state index in [1.165, 1.54) is 43.0 Å². The number of hydrogen-bond donors (Lipinski definition) is 2. The Labute approximate surface area is 153 Å². The van der Waals surface area contributed by atoms with Crippen LogP contribution in [0.4, 0.5) is 0 Å². The molecule has 2 rings (SSSR count). The molecular weight excluding hydrogens is 304 g/mol. The van der Waals surface area contributed by atoms with Gasteiger partial charge in [0.1, 0.15) is 0 Å². The van der Waals surface area contributed by atoms with Gasteiger partial charge in [-0.05, 0) is 56.0 Å². The Bertz CT molecular complexity index is 670. The molecule has 0 fully saturated rings. The van der Waals surface area contributed by atoms with Gasteiger partial charge in [0.25, 0.3) is 0 Å². The molecule has 2 heteroatoms. The second-order valence-corrected chi connectivity index (χ2v) is 6.02. The smallest absolute Gasteiger partial charge is 0.0393 e. The summed E-state index contributed by atoms with van der Waals surface area (Å²) in [6.07, 6.45) is 9.11. The first kappa shape index (κ1) is 20.7. The molecule has 0 saturated heterocycles. The highest BCUT2D eigenvalue weighted by molar-refractivity contribution is 5.80. The maximum absolute atomic E-state index is 6.26. The van der Waals surface area contributed by atoms with Crippen molar-refractivity contribution < 1.29 is 0 Å². The van der Waals surface area contributed by atoms with Gasteiger partial charge in [0.15, 0.2) is 0 Å². The van der Waals surface area contributed by atoms with Gasteiger partial charge in [0, 0.05) is 5.70 Å². The molecule has 0 aliphatic rings. The van der Waals surface area contributed by atoms with E-state index in [1.807, 2.05) is 30.3 Å². The van der Waals surface area contributed by atoms with E-state index in [9.17, 15) is 0 Å². The van der Waals surface area contributed by atoms with Gasteiger partial charge >= 0.3 is 0 Å². The highest BCUT2D eigenvalue weighted by Gasteiger charge is 2.01. The third-order valence-corrected chi connectivity index (χ3v) is 4.07. The summed E-state index contributed by atoms with van der Waals surface area (Å²) in [5, 5.41) is 0. The minimum atomic E-state index is 0.810. The summed E-state index contributed by atoms with van der Waals surface area (Å²) in [5.41, 5.74) is 16.6. The molecule has 0 aliphatic carbocycles. The van der Waals surface area contributed by atoms with Crippen molar-refractivity contribution in [2.75, 3.05) is 7.05 Å². The first-order valence-electron chi connectivity index (χ1n) is 9.04. The predicted molar refractivity (Wildman–Crippen MR) is 112 cm³/mol. The quantitative estimate of drug-likeness (QED) is 0.525. The zero-order valence-electron chi connectivity index (χ0n) is 15.8. The van der Waals surface area contributed by atoms with Crippen LogP contribution in [0.2, 0.25) is 0 Å². The minimum absolute atomic E-state index is 0.810. The van der Waals surface area contributed by atoms with Crippen LogP contribution in [-0.2, 0) is 6.42 Å². The second kappa shape index (κ2) is 12.1. The molecule has 0 saturated carbocycles. The molecule has 0 heterocycles. The van der Waals surface area contributed by atoms with Gasteiger partial charge in [-0.2, -0.15) is 0 Å². The second-order valence-electron chi connectivity index (χ2n) is 6.02. The van der Waals surface area contributed by atoms with Crippen molar-refractivity contribution in [1.29, 1.82) is 0 Å². The molecule has 25 heavy (non-hydrogen) atoms. The average Bonchev–Trinajstić information content (AvgIpc) is 2.68. The molecule has 2 aromatic rings. The summed E-state index contributed by atoms with van der Waals surface area (Å²) in [4.78, 5) is 0. The van der Waals surface area contributed by atoms with E-state index < -0.39 is 0 Å². The Balaban J connectivity index is 0.00000151. The fourth-order valence-corrected chi connectivity index (χ4v) is 2.58. The van der Waals surface area contributed by atoms with Gasteiger partial charge in [0.05, 0.1) is 0 Å². The maximum Gasteiger partial charge on any atom is 0.0393 e. The summed E-state index contributed by atoms with van der Waals surface area (Å²) >= 11 is 0. The molecule has 2 aromatic carbocycles. The zero-order chi connectivity index (χ0) is 18.5. The van der Waals surface area contributed by atoms with Crippen molar-refractivity contribution in [3.05, 3.63) is 82.9 Å². The molecular formula is C23H32N2. The van der Waals surface area contributed by atoms with Gasteiger partial charge in [-0.15, -0.1) is 0 Å². The van der Waals surface area contributed by atoms with E-state index in [1.54, 1.807) is 0 Å². The number of allylic oxidation sites excluding steroid dienone is 2. The van der Waals surface area contributed by atoms with E-state index in [0.29, 0.717) is 0 Å². The zero-order valence-corrected chi connectivity index (χ0v) is 15.8. The molecule has 0 radical (unpaired) electrons. The summed E-state index contributed by atoms with van der Waals surface area (Å²) in [6, 6.07) is 18.6. The molecule has 0 aromatic heterocycles. The molecule has 134 valence electrons. The van der Waals surface area contributed by atoms with Crippen LogP contribution in [0.3, 0.4) is 0 Å². The van der Waals surface area contributed by atoms with Crippen LogP contribution in [0.1, 0.15) is 49.8 Å². The Hall–Kier alpha value is -2.32. The fourth-order valence-electron chi connectivity index (χ4n) is 2.58. The van der Waals surface area contributed by atoms with Crippen LogP contribution in [-0.4, -0.2) is 7.05 Å². The van der Waals surface area contributed by atoms with E-state index >= 15 is 0 Å². The summed E-state index contributed by atoms with van der Waals surface area (Å²) in [7, 11) is 1.50. The number of nitrogens with two attached hydrogens (primary N) is 2. The lowest BCUT2D eigenvalue weighted by molar-refractivity contribution is 0.784. The number of unbranched alkanes of at least 4 members (excludes halogenated alkanes) is 1. The topological polar surface area (TPSA) is 52.0 Å². The van der Waals surface area contributed by atoms with Crippen LogP contribution in [0, 0.1) is 0 Å². The molecule has 0 spiro atoms. The first-order chi connectivity index (χ1) is 12.2. The van der Waals surface area contributed by atoms with Crippen LogP contribution in [0.5, 0.6) is 0 Å². The summed E-state index contributed by atoms with van der Waals surface area (Å²) in [6.45, 7) is 4.46. The normalized spacial score (nSPS) is 11.7. The molecule has 0 aliphatic heterocycles. The molecule has 4 N–H and O–H groups in total. The van der Waals surface area contributed by atoms with Crippen molar-refractivity contribution in [1.82, 2.24) is 0 Å². The van der Waals surface area contributed by atoms with Gasteiger partial charge in [-0.3, -0.25) is 0 Å². The Morgan fingerprint density at radius 2 is 1.60 bits per heavy atom. The molecule has 0 amide bonds. The lowest BCUT2D eigenvalue weighted by Crippen LogP contribution is -1.97. The third kappa shape index (κ3) is 7.40. The van der Waals surface area contributed by atoms with Crippen LogP contribution >= 0.6 is 0 Å². The highest BCUT2D eigenvalue weighted by atomic mass is 14.6. The Kier molecular flexibility index (Phi) is 10.0. The van der Waals surface area contributed by atoms with Crippen molar-refractivity contribution in [3.63, 3.8) is 0 Å². The van der Waals surface area contributed by atoms with Crippen molar-refractivity contribution >= 4 is 11.8 Å². The number of hydrogen-bond acceptors (Lipinski definition) is 2. The van der Waals surface area contributed by atoms with Crippen LogP contribution in [0.25, 0.3) is 11.8 Å². The Morgan fingerprint density at radius 3 is 2.28 bits per heavy atom. The lowest BCUT2D eigenvalue weighted by Gasteiger charge is -2.07. The lowest BCUT2D eigenvalue weighted by atomic mass is 10.00. The third-order valence-electron chi connectivity index (χ3n) is 4.07. The summed E-state index contributed by atoms with van der Waals surface area (Å²) < 4.78 is 0.